The highest BCUT2D eigenvalue weighted by Crippen LogP contribution is 2.49. The van der Waals surface area contributed by atoms with Crippen LogP contribution < -0.4 is 0 Å². The lowest BCUT2D eigenvalue weighted by Gasteiger charge is -2.42. The van der Waals surface area contributed by atoms with E-state index in [2.05, 4.69) is 0 Å². The molecule has 1 aliphatic carbocycles. The number of hydrogen-bond acceptors (Lipinski definition) is 11. The summed E-state index contributed by atoms with van der Waals surface area (Å²) in [7, 11) is 0. The average Bonchev–Trinajstić information content (AvgIpc) is 3.21. The maximum absolute atomic E-state index is 11.9. The Hall–Kier alpha value is -2.02. The second kappa shape index (κ2) is 7.67. The largest absolute Gasteiger partial charge is 0.471 e. The molecule has 0 aromatic heterocycles. The van der Waals surface area contributed by atoms with Gasteiger partial charge in [-0.15, -0.1) is 0 Å². The highest BCUT2D eigenvalue weighted by molar-refractivity contribution is 5.92. The fraction of sp³-hybridized carbons (Fsp3) is 0.667. The third-order valence-corrected chi connectivity index (χ3v) is 5.58. The van der Waals surface area contributed by atoms with Crippen molar-refractivity contribution in [3.63, 3.8) is 0 Å². The van der Waals surface area contributed by atoms with E-state index in [0.29, 0.717) is 11.1 Å². The molecule has 4 rings (SSSR count). The first kappa shape index (κ1) is 20.3. The van der Waals surface area contributed by atoms with E-state index in [0.717, 1.165) is 0 Å². The van der Waals surface area contributed by atoms with Gasteiger partial charge in [-0.05, 0) is 11.6 Å². The van der Waals surface area contributed by atoms with Gasteiger partial charge in [0.2, 0.25) is 6.29 Å². The van der Waals surface area contributed by atoms with Crippen molar-refractivity contribution in [2.45, 2.75) is 50.0 Å². The fourth-order valence-corrected chi connectivity index (χ4v) is 4.14. The van der Waals surface area contributed by atoms with Gasteiger partial charge in [0.15, 0.2) is 6.29 Å². The summed E-state index contributed by atoms with van der Waals surface area (Å²) < 4.78 is 26.8. The second-order valence-electron chi connectivity index (χ2n) is 7.35. The number of aliphatic hydroxyl groups excluding tert-OH is 4. The van der Waals surface area contributed by atoms with Crippen LogP contribution in [-0.4, -0.2) is 88.7 Å². The molecule has 0 aromatic rings. The zero-order valence-corrected chi connectivity index (χ0v) is 15.4. The number of esters is 2. The van der Waals surface area contributed by atoms with E-state index in [-0.39, 0.29) is 13.2 Å². The van der Waals surface area contributed by atoms with Crippen LogP contribution in [0, 0.1) is 11.8 Å². The van der Waals surface area contributed by atoms with Crippen molar-refractivity contribution >= 4 is 11.9 Å². The standard InChI is InChI=1S/C18H22O11/c1-6(20)25-5-10-13(21)14(22)15(23)18(28-10)29-17-11-7(3-19)2-9-12(11)8(4-26-17)16(24)27-9/h2,4,9-15,17-19,21-23H,3,5H2,1H3/t9-,10+,11+,12-,13+,14-,15+,17-,18-/m0/s1. The van der Waals surface area contributed by atoms with Gasteiger partial charge >= 0.3 is 11.9 Å². The zero-order chi connectivity index (χ0) is 20.9. The van der Waals surface area contributed by atoms with E-state index >= 15 is 0 Å². The molecule has 9 atom stereocenters. The Morgan fingerprint density at radius 1 is 1.14 bits per heavy atom. The molecule has 2 fully saturated rings. The lowest BCUT2D eigenvalue weighted by molar-refractivity contribution is -0.339. The molecule has 0 spiro atoms. The lowest BCUT2D eigenvalue weighted by Crippen LogP contribution is -2.60. The van der Waals surface area contributed by atoms with E-state index < -0.39 is 66.9 Å². The van der Waals surface area contributed by atoms with Crippen molar-refractivity contribution in [2.24, 2.45) is 11.8 Å². The molecule has 160 valence electrons. The number of carbonyl (C=O) groups is 2. The van der Waals surface area contributed by atoms with E-state index in [4.69, 9.17) is 23.7 Å². The van der Waals surface area contributed by atoms with Gasteiger partial charge in [-0.1, -0.05) is 0 Å². The van der Waals surface area contributed by atoms with Crippen LogP contribution in [0.2, 0.25) is 0 Å². The monoisotopic (exact) mass is 414 g/mol. The molecule has 3 heterocycles. The Bertz CT molecular complexity index is 746. The maximum atomic E-state index is 11.9. The Labute approximate surface area is 165 Å². The number of carbonyl (C=O) groups excluding carboxylic acids is 2. The van der Waals surface area contributed by atoms with Gasteiger partial charge < -0.3 is 44.1 Å². The van der Waals surface area contributed by atoms with Crippen LogP contribution in [0.15, 0.2) is 23.5 Å². The van der Waals surface area contributed by atoms with Crippen LogP contribution in [-0.2, 0) is 33.3 Å². The van der Waals surface area contributed by atoms with E-state index in [1.165, 1.54) is 13.2 Å². The van der Waals surface area contributed by atoms with Gasteiger partial charge in [-0.25, -0.2) is 4.79 Å². The predicted molar refractivity (Wildman–Crippen MR) is 89.4 cm³/mol. The minimum absolute atomic E-state index is 0.309. The fourth-order valence-electron chi connectivity index (χ4n) is 4.14. The quantitative estimate of drug-likeness (QED) is 0.283. The molecule has 11 nitrogen and oxygen atoms in total. The smallest absolute Gasteiger partial charge is 0.338 e. The summed E-state index contributed by atoms with van der Waals surface area (Å²) >= 11 is 0. The summed E-state index contributed by atoms with van der Waals surface area (Å²) in [6, 6.07) is 0. The Morgan fingerprint density at radius 3 is 2.59 bits per heavy atom. The molecule has 0 radical (unpaired) electrons. The number of aliphatic hydroxyl groups is 4. The molecule has 3 aliphatic heterocycles. The van der Waals surface area contributed by atoms with Gasteiger partial charge in [0.05, 0.1) is 24.4 Å². The van der Waals surface area contributed by atoms with Gasteiger partial charge in [-0.3, -0.25) is 4.79 Å². The molecule has 0 bridgehead atoms. The van der Waals surface area contributed by atoms with Crippen molar-refractivity contribution in [3.8, 4) is 0 Å². The first-order valence-corrected chi connectivity index (χ1v) is 9.18. The third-order valence-electron chi connectivity index (χ3n) is 5.58. The van der Waals surface area contributed by atoms with Crippen LogP contribution in [0.5, 0.6) is 0 Å². The summed E-state index contributed by atoms with van der Waals surface area (Å²) in [5.41, 5.74) is 0.873. The van der Waals surface area contributed by atoms with Crippen molar-refractivity contribution in [3.05, 3.63) is 23.5 Å². The molecule has 4 N–H and O–H groups in total. The first-order valence-electron chi connectivity index (χ1n) is 9.18. The molecule has 0 unspecified atom stereocenters. The number of ether oxygens (including phenoxy) is 5. The van der Waals surface area contributed by atoms with E-state index in [1.807, 2.05) is 0 Å². The van der Waals surface area contributed by atoms with Gasteiger partial charge in [0.25, 0.3) is 0 Å². The number of rotatable bonds is 5. The molecular weight excluding hydrogens is 392 g/mol. The predicted octanol–water partition coefficient (Wildman–Crippen LogP) is -2.30. The molecule has 0 amide bonds. The van der Waals surface area contributed by atoms with Crippen LogP contribution in [0.1, 0.15) is 6.92 Å². The highest BCUT2D eigenvalue weighted by atomic mass is 16.8. The van der Waals surface area contributed by atoms with E-state index in [9.17, 15) is 30.0 Å². The molecular formula is C18H22O11. The molecule has 2 saturated heterocycles. The lowest BCUT2D eigenvalue weighted by atomic mass is 9.84. The second-order valence-corrected chi connectivity index (χ2v) is 7.35. The maximum Gasteiger partial charge on any atom is 0.338 e. The van der Waals surface area contributed by atoms with Gasteiger partial charge in [0, 0.05) is 12.8 Å². The summed E-state index contributed by atoms with van der Waals surface area (Å²) in [5.74, 6) is -2.09. The topological polar surface area (TPSA) is 161 Å². The van der Waals surface area contributed by atoms with Crippen LogP contribution in [0.4, 0.5) is 0 Å². The molecule has 0 saturated carbocycles. The van der Waals surface area contributed by atoms with Crippen molar-refractivity contribution in [1.29, 1.82) is 0 Å². The van der Waals surface area contributed by atoms with Crippen LogP contribution in [0.3, 0.4) is 0 Å². The minimum Gasteiger partial charge on any atom is -0.471 e. The third kappa shape index (κ3) is 3.43. The van der Waals surface area contributed by atoms with E-state index in [1.54, 1.807) is 6.08 Å². The zero-order valence-electron chi connectivity index (χ0n) is 15.4. The minimum atomic E-state index is -1.62. The summed E-state index contributed by atoms with van der Waals surface area (Å²) in [6.07, 6.45) is -6.05. The molecule has 0 aromatic carbocycles. The normalized spacial score (nSPS) is 43.1. The summed E-state index contributed by atoms with van der Waals surface area (Å²) in [5, 5.41) is 40.1. The summed E-state index contributed by atoms with van der Waals surface area (Å²) in [4.78, 5) is 22.9. The van der Waals surface area contributed by atoms with Crippen molar-refractivity contribution in [1.82, 2.24) is 0 Å². The molecule has 29 heavy (non-hydrogen) atoms. The summed E-state index contributed by atoms with van der Waals surface area (Å²) in [6.45, 7) is 0.517. The van der Waals surface area contributed by atoms with Gasteiger partial charge in [-0.2, -0.15) is 0 Å². The van der Waals surface area contributed by atoms with Crippen LogP contribution in [0.25, 0.3) is 0 Å². The van der Waals surface area contributed by atoms with Crippen molar-refractivity contribution in [2.75, 3.05) is 13.2 Å². The Balaban J connectivity index is 1.52. The Morgan fingerprint density at radius 2 is 1.90 bits per heavy atom. The number of hydrogen-bond donors (Lipinski definition) is 4. The van der Waals surface area contributed by atoms with Crippen molar-refractivity contribution < 1.29 is 53.7 Å². The SMILES string of the molecule is CC(=O)OC[C@H]1O[C@@H](O[C@@H]2OC=C3C(=O)O[C@H]4C=C(CO)[C@@H]2[C@@H]34)[C@H](O)[C@@H](O)[C@@H]1O. The Kier molecular flexibility index (Phi) is 5.36. The van der Waals surface area contributed by atoms with Gasteiger partial charge in [0.1, 0.15) is 37.1 Å². The first-order chi connectivity index (χ1) is 13.8. The average molecular weight is 414 g/mol. The molecule has 4 aliphatic rings. The molecule has 11 heteroatoms. The highest BCUT2D eigenvalue weighted by Gasteiger charge is 2.56. The van der Waals surface area contributed by atoms with Crippen LogP contribution >= 0.6 is 0 Å².